The van der Waals surface area contributed by atoms with E-state index in [2.05, 4.69) is 0 Å². The molecule has 1 unspecified atom stereocenters. The van der Waals surface area contributed by atoms with Crippen LogP contribution in [-0.4, -0.2) is 5.11 Å². The Kier molecular flexibility index (Phi) is 3.82. The predicted molar refractivity (Wildman–Crippen MR) is 71.3 cm³/mol. The van der Waals surface area contributed by atoms with Crippen LogP contribution in [0.2, 0.25) is 5.02 Å². The molecule has 1 nitrogen and oxygen atoms in total. The standard InChI is InChI=1S/C15H15ClO/c1-11-4-2-3-5-14(11)15(17)10-12-6-8-13(16)9-7-12/h2-9,15,17H,10H2,1H3. The fourth-order valence-corrected chi connectivity index (χ4v) is 2.04. The molecule has 0 aliphatic carbocycles. The molecule has 0 saturated heterocycles. The van der Waals surface area contributed by atoms with Crippen molar-refractivity contribution in [2.45, 2.75) is 19.4 Å². The van der Waals surface area contributed by atoms with Gasteiger partial charge in [-0.15, -0.1) is 0 Å². The largest absolute Gasteiger partial charge is 0.388 e. The van der Waals surface area contributed by atoms with Gasteiger partial charge in [-0.25, -0.2) is 0 Å². The van der Waals surface area contributed by atoms with Gasteiger partial charge in [0.1, 0.15) is 0 Å². The molecule has 0 radical (unpaired) electrons. The van der Waals surface area contributed by atoms with Gasteiger partial charge in [0, 0.05) is 11.4 Å². The lowest BCUT2D eigenvalue weighted by atomic mass is 9.98. The van der Waals surface area contributed by atoms with Crippen molar-refractivity contribution in [2.75, 3.05) is 0 Å². The van der Waals surface area contributed by atoms with Crippen LogP contribution in [0.1, 0.15) is 22.8 Å². The highest BCUT2D eigenvalue weighted by Crippen LogP contribution is 2.22. The first-order valence-electron chi connectivity index (χ1n) is 5.65. The highest BCUT2D eigenvalue weighted by Gasteiger charge is 2.10. The Hall–Kier alpha value is -1.31. The Bertz CT molecular complexity index is 491. The summed E-state index contributed by atoms with van der Waals surface area (Å²) >= 11 is 5.83. The zero-order valence-corrected chi connectivity index (χ0v) is 10.5. The van der Waals surface area contributed by atoms with E-state index in [0.717, 1.165) is 21.7 Å². The van der Waals surface area contributed by atoms with Crippen LogP contribution in [0.15, 0.2) is 48.5 Å². The third-order valence-corrected chi connectivity index (χ3v) is 3.14. The van der Waals surface area contributed by atoms with Gasteiger partial charge in [-0.05, 0) is 35.7 Å². The molecule has 88 valence electrons. The predicted octanol–water partition coefficient (Wildman–Crippen LogP) is 3.92. The molecule has 17 heavy (non-hydrogen) atoms. The topological polar surface area (TPSA) is 20.2 Å². The molecule has 2 rings (SSSR count). The molecule has 0 aliphatic heterocycles. The average molecular weight is 247 g/mol. The maximum atomic E-state index is 10.2. The van der Waals surface area contributed by atoms with Gasteiger partial charge < -0.3 is 5.11 Å². The van der Waals surface area contributed by atoms with E-state index in [0.29, 0.717) is 6.42 Å². The van der Waals surface area contributed by atoms with Crippen LogP contribution >= 0.6 is 11.6 Å². The Labute approximate surface area is 107 Å². The Morgan fingerprint density at radius 1 is 1.06 bits per heavy atom. The van der Waals surface area contributed by atoms with Gasteiger partial charge in [0.05, 0.1) is 6.10 Å². The number of aliphatic hydroxyl groups is 1. The number of halogens is 1. The SMILES string of the molecule is Cc1ccccc1C(O)Cc1ccc(Cl)cc1. The van der Waals surface area contributed by atoms with E-state index in [1.165, 1.54) is 0 Å². The molecular formula is C15H15ClO. The fraction of sp³-hybridized carbons (Fsp3) is 0.200. The van der Waals surface area contributed by atoms with Gasteiger partial charge in [0.25, 0.3) is 0 Å². The summed E-state index contributed by atoms with van der Waals surface area (Å²) in [5.41, 5.74) is 3.20. The molecule has 1 atom stereocenters. The number of aryl methyl sites for hydroxylation is 1. The summed E-state index contributed by atoms with van der Waals surface area (Å²) in [6.45, 7) is 2.01. The summed E-state index contributed by atoms with van der Waals surface area (Å²) in [6, 6.07) is 15.5. The molecule has 0 spiro atoms. The molecule has 0 aromatic heterocycles. The third-order valence-electron chi connectivity index (χ3n) is 2.89. The highest BCUT2D eigenvalue weighted by molar-refractivity contribution is 6.30. The van der Waals surface area contributed by atoms with E-state index in [1.807, 2.05) is 55.5 Å². The van der Waals surface area contributed by atoms with Gasteiger partial charge >= 0.3 is 0 Å². The van der Waals surface area contributed by atoms with E-state index in [4.69, 9.17) is 11.6 Å². The van der Waals surface area contributed by atoms with Crippen LogP contribution in [0.25, 0.3) is 0 Å². The van der Waals surface area contributed by atoms with Gasteiger partial charge in [0.2, 0.25) is 0 Å². The van der Waals surface area contributed by atoms with Gasteiger partial charge in [-0.3, -0.25) is 0 Å². The van der Waals surface area contributed by atoms with E-state index >= 15 is 0 Å². The van der Waals surface area contributed by atoms with Crippen LogP contribution in [0, 0.1) is 6.92 Å². The number of benzene rings is 2. The molecular weight excluding hydrogens is 232 g/mol. The number of aliphatic hydroxyl groups excluding tert-OH is 1. The van der Waals surface area contributed by atoms with Crippen LogP contribution in [0.5, 0.6) is 0 Å². The summed E-state index contributed by atoms with van der Waals surface area (Å²) in [7, 11) is 0. The lowest BCUT2D eigenvalue weighted by molar-refractivity contribution is 0.177. The van der Waals surface area contributed by atoms with Crippen molar-refractivity contribution in [3.05, 3.63) is 70.2 Å². The first kappa shape index (κ1) is 12.2. The smallest absolute Gasteiger partial charge is 0.0832 e. The Morgan fingerprint density at radius 3 is 2.35 bits per heavy atom. The molecule has 0 bridgehead atoms. The molecule has 0 fully saturated rings. The van der Waals surface area contributed by atoms with Crippen molar-refractivity contribution in [1.29, 1.82) is 0 Å². The Balaban J connectivity index is 2.14. The minimum Gasteiger partial charge on any atom is -0.388 e. The van der Waals surface area contributed by atoms with Crippen LogP contribution in [0.3, 0.4) is 0 Å². The van der Waals surface area contributed by atoms with E-state index < -0.39 is 6.10 Å². The second-order valence-corrected chi connectivity index (χ2v) is 4.64. The van der Waals surface area contributed by atoms with Crippen molar-refractivity contribution in [1.82, 2.24) is 0 Å². The summed E-state index contributed by atoms with van der Waals surface area (Å²) in [5, 5.41) is 10.9. The van der Waals surface area contributed by atoms with Gasteiger partial charge in [0.15, 0.2) is 0 Å². The zero-order chi connectivity index (χ0) is 12.3. The molecule has 2 aromatic rings. The highest BCUT2D eigenvalue weighted by atomic mass is 35.5. The van der Waals surface area contributed by atoms with Crippen molar-refractivity contribution < 1.29 is 5.11 Å². The zero-order valence-electron chi connectivity index (χ0n) is 9.73. The molecule has 1 N–H and O–H groups in total. The van der Waals surface area contributed by atoms with Crippen LogP contribution in [0.4, 0.5) is 0 Å². The summed E-state index contributed by atoms with van der Waals surface area (Å²) < 4.78 is 0. The van der Waals surface area contributed by atoms with Crippen molar-refractivity contribution in [3.8, 4) is 0 Å². The first-order valence-corrected chi connectivity index (χ1v) is 6.02. The second-order valence-electron chi connectivity index (χ2n) is 4.20. The lowest BCUT2D eigenvalue weighted by Gasteiger charge is -2.13. The van der Waals surface area contributed by atoms with Crippen molar-refractivity contribution >= 4 is 11.6 Å². The summed E-state index contributed by atoms with van der Waals surface area (Å²) in [5.74, 6) is 0. The molecule has 0 amide bonds. The van der Waals surface area contributed by atoms with Gasteiger partial charge in [-0.2, -0.15) is 0 Å². The maximum absolute atomic E-state index is 10.2. The first-order chi connectivity index (χ1) is 8.16. The number of hydrogen-bond acceptors (Lipinski definition) is 1. The molecule has 0 aliphatic rings. The van der Waals surface area contributed by atoms with Crippen molar-refractivity contribution in [3.63, 3.8) is 0 Å². The van der Waals surface area contributed by atoms with E-state index in [-0.39, 0.29) is 0 Å². The monoisotopic (exact) mass is 246 g/mol. The quantitative estimate of drug-likeness (QED) is 0.870. The number of rotatable bonds is 3. The Morgan fingerprint density at radius 2 is 1.71 bits per heavy atom. The van der Waals surface area contributed by atoms with Crippen LogP contribution in [-0.2, 0) is 6.42 Å². The molecule has 2 heteroatoms. The lowest BCUT2D eigenvalue weighted by Crippen LogP contribution is -2.03. The summed E-state index contributed by atoms with van der Waals surface area (Å²) in [4.78, 5) is 0. The van der Waals surface area contributed by atoms with E-state index in [9.17, 15) is 5.11 Å². The second kappa shape index (κ2) is 5.35. The summed E-state index contributed by atoms with van der Waals surface area (Å²) in [6.07, 6.45) is 0.152. The third kappa shape index (κ3) is 3.09. The minimum absolute atomic E-state index is 0.461. The molecule has 2 aromatic carbocycles. The fourth-order valence-electron chi connectivity index (χ4n) is 1.91. The van der Waals surface area contributed by atoms with Crippen molar-refractivity contribution in [2.24, 2.45) is 0 Å². The maximum Gasteiger partial charge on any atom is 0.0832 e. The van der Waals surface area contributed by atoms with E-state index in [1.54, 1.807) is 0 Å². The number of hydrogen-bond donors (Lipinski definition) is 1. The average Bonchev–Trinajstić information content (AvgIpc) is 2.32. The minimum atomic E-state index is -0.461. The van der Waals surface area contributed by atoms with Gasteiger partial charge in [-0.1, -0.05) is 48.0 Å². The van der Waals surface area contributed by atoms with Crippen LogP contribution < -0.4 is 0 Å². The normalized spacial score (nSPS) is 12.4. The molecule has 0 saturated carbocycles. The molecule has 0 heterocycles.